The van der Waals surface area contributed by atoms with Crippen LogP contribution >= 0.6 is 0 Å². The summed E-state index contributed by atoms with van der Waals surface area (Å²) >= 11 is 0. The third-order valence-electron chi connectivity index (χ3n) is 3.69. The molecule has 0 spiro atoms. The quantitative estimate of drug-likeness (QED) is 0.862. The van der Waals surface area contributed by atoms with Gasteiger partial charge in [-0.15, -0.1) is 0 Å². The highest BCUT2D eigenvalue weighted by Crippen LogP contribution is 2.32. The Hall–Kier alpha value is -2.30. The van der Waals surface area contributed by atoms with Crippen LogP contribution in [0.2, 0.25) is 0 Å². The first-order chi connectivity index (χ1) is 9.65. The lowest BCUT2D eigenvalue weighted by Gasteiger charge is -2.22. The fourth-order valence-corrected chi connectivity index (χ4v) is 2.49. The van der Waals surface area contributed by atoms with E-state index in [2.05, 4.69) is 5.10 Å². The zero-order chi connectivity index (χ0) is 14.1. The van der Waals surface area contributed by atoms with Gasteiger partial charge in [0.25, 0.3) is 0 Å². The van der Waals surface area contributed by atoms with Gasteiger partial charge in [-0.2, -0.15) is 5.10 Å². The second-order valence-electron chi connectivity index (χ2n) is 5.06. The van der Waals surface area contributed by atoms with Crippen LogP contribution in [0.3, 0.4) is 0 Å². The van der Waals surface area contributed by atoms with Crippen molar-refractivity contribution in [1.82, 2.24) is 14.7 Å². The summed E-state index contributed by atoms with van der Waals surface area (Å²) in [6.45, 7) is 2.57. The maximum atomic E-state index is 12.1. The lowest BCUT2D eigenvalue weighted by Crippen LogP contribution is -2.27. The Morgan fingerprint density at radius 2 is 2.10 bits per heavy atom. The normalized spacial score (nSPS) is 20.0. The van der Waals surface area contributed by atoms with Gasteiger partial charge in [0.05, 0.1) is 18.8 Å². The maximum absolute atomic E-state index is 12.1. The van der Waals surface area contributed by atoms with Crippen LogP contribution in [0.15, 0.2) is 42.7 Å². The average molecular weight is 271 g/mol. The third-order valence-corrected chi connectivity index (χ3v) is 3.69. The van der Waals surface area contributed by atoms with Crippen LogP contribution in [0.4, 0.5) is 4.79 Å². The molecule has 1 fully saturated rings. The van der Waals surface area contributed by atoms with Crippen molar-refractivity contribution >= 4 is 6.09 Å². The lowest BCUT2D eigenvalue weighted by atomic mass is 10.1. The summed E-state index contributed by atoms with van der Waals surface area (Å²) in [5.41, 5.74) is 2.04. The maximum Gasteiger partial charge on any atom is 0.411 e. The monoisotopic (exact) mass is 271 g/mol. The Bertz CT molecular complexity index is 609. The Labute approximate surface area is 117 Å². The molecule has 2 atom stereocenters. The predicted octanol–water partition coefficient (Wildman–Crippen LogP) is 2.67. The minimum absolute atomic E-state index is 0.00497. The number of nitrogens with zero attached hydrogens (tertiary/aromatic N) is 3. The molecule has 1 aromatic heterocycles. The van der Waals surface area contributed by atoms with Crippen LogP contribution in [0, 0.1) is 0 Å². The van der Waals surface area contributed by atoms with Gasteiger partial charge in [-0.1, -0.05) is 30.3 Å². The first kappa shape index (κ1) is 12.7. The van der Waals surface area contributed by atoms with Gasteiger partial charge in [-0.3, -0.25) is 9.58 Å². The number of rotatable bonds is 3. The van der Waals surface area contributed by atoms with Crippen molar-refractivity contribution in [3.05, 3.63) is 53.9 Å². The topological polar surface area (TPSA) is 47.4 Å². The van der Waals surface area contributed by atoms with E-state index in [9.17, 15) is 4.79 Å². The standard InChI is InChI=1S/C15H17N3O2/c1-11(12-6-4-3-5-7-12)18-10-14(20-15(18)19)13-8-16-17(2)9-13/h3-9,11,14H,10H2,1-2H3. The number of aromatic nitrogens is 2. The van der Waals surface area contributed by atoms with Crippen molar-refractivity contribution in [1.29, 1.82) is 0 Å². The average Bonchev–Trinajstić information content (AvgIpc) is 3.05. The summed E-state index contributed by atoms with van der Waals surface area (Å²) in [6.07, 6.45) is 3.13. The number of ether oxygens (including phenoxy) is 1. The number of carbonyl (C=O) groups excluding carboxylic acids is 1. The molecule has 3 rings (SSSR count). The fraction of sp³-hybridized carbons (Fsp3) is 0.333. The van der Waals surface area contributed by atoms with Gasteiger partial charge in [0.2, 0.25) is 0 Å². The smallest absolute Gasteiger partial charge is 0.411 e. The molecule has 0 N–H and O–H groups in total. The van der Waals surface area contributed by atoms with Crippen molar-refractivity contribution in [3.8, 4) is 0 Å². The van der Waals surface area contributed by atoms with Crippen LogP contribution < -0.4 is 0 Å². The molecule has 5 heteroatoms. The van der Waals surface area contributed by atoms with Crippen molar-refractivity contribution in [2.24, 2.45) is 7.05 Å². The zero-order valence-corrected chi connectivity index (χ0v) is 11.6. The number of amides is 1. The van der Waals surface area contributed by atoms with Crippen LogP contribution in [-0.2, 0) is 11.8 Å². The van der Waals surface area contributed by atoms with Crippen molar-refractivity contribution in [2.75, 3.05) is 6.54 Å². The minimum Gasteiger partial charge on any atom is -0.439 e. The predicted molar refractivity (Wildman–Crippen MR) is 74.0 cm³/mol. The minimum atomic E-state index is -0.268. The third kappa shape index (κ3) is 2.27. The van der Waals surface area contributed by atoms with E-state index in [0.29, 0.717) is 6.54 Å². The molecule has 1 aliphatic rings. The van der Waals surface area contributed by atoms with Crippen LogP contribution in [0.25, 0.3) is 0 Å². The molecule has 0 aliphatic carbocycles. The molecular formula is C15H17N3O2. The lowest BCUT2D eigenvalue weighted by molar-refractivity contribution is 0.129. The number of aryl methyl sites for hydroxylation is 1. The van der Waals surface area contributed by atoms with E-state index in [1.807, 2.05) is 50.5 Å². The molecule has 2 aromatic rings. The molecule has 1 aliphatic heterocycles. The summed E-state index contributed by atoms with van der Waals surface area (Å²) in [4.78, 5) is 13.8. The highest BCUT2D eigenvalue weighted by molar-refractivity contribution is 5.71. The SMILES string of the molecule is CC(c1ccccc1)N1CC(c2cnn(C)c2)OC1=O. The Balaban J connectivity index is 1.77. The first-order valence-electron chi connectivity index (χ1n) is 6.66. The van der Waals surface area contributed by atoms with Gasteiger partial charge < -0.3 is 4.74 Å². The number of benzene rings is 1. The number of cyclic esters (lactones) is 1. The highest BCUT2D eigenvalue weighted by atomic mass is 16.6. The summed E-state index contributed by atoms with van der Waals surface area (Å²) < 4.78 is 7.16. The molecule has 2 unspecified atom stereocenters. The molecule has 1 saturated heterocycles. The summed E-state index contributed by atoms with van der Waals surface area (Å²) in [5, 5.41) is 4.12. The van der Waals surface area contributed by atoms with E-state index in [-0.39, 0.29) is 18.2 Å². The number of hydrogen-bond donors (Lipinski definition) is 0. The Morgan fingerprint density at radius 1 is 1.35 bits per heavy atom. The van der Waals surface area contributed by atoms with E-state index >= 15 is 0 Å². The van der Waals surface area contributed by atoms with E-state index < -0.39 is 0 Å². The van der Waals surface area contributed by atoms with Gasteiger partial charge in [-0.05, 0) is 12.5 Å². The largest absolute Gasteiger partial charge is 0.439 e. The van der Waals surface area contributed by atoms with Crippen molar-refractivity contribution in [3.63, 3.8) is 0 Å². The van der Waals surface area contributed by atoms with Gasteiger partial charge in [0.1, 0.15) is 6.10 Å². The van der Waals surface area contributed by atoms with E-state index in [0.717, 1.165) is 11.1 Å². The van der Waals surface area contributed by atoms with Gasteiger partial charge >= 0.3 is 6.09 Å². The van der Waals surface area contributed by atoms with Gasteiger partial charge in [0, 0.05) is 18.8 Å². The molecule has 0 saturated carbocycles. The molecule has 104 valence electrons. The number of hydrogen-bond acceptors (Lipinski definition) is 3. The highest BCUT2D eigenvalue weighted by Gasteiger charge is 2.36. The number of carbonyl (C=O) groups is 1. The second kappa shape index (κ2) is 5.00. The Kier molecular flexibility index (Phi) is 3.18. The molecule has 1 amide bonds. The van der Waals surface area contributed by atoms with Gasteiger partial charge in [0.15, 0.2) is 0 Å². The summed E-state index contributed by atoms with van der Waals surface area (Å²) in [7, 11) is 1.85. The zero-order valence-electron chi connectivity index (χ0n) is 11.6. The summed E-state index contributed by atoms with van der Waals surface area (Å²) in [6, 6.07) is 9.98. The van der Waals surface area contributed by atoms with E-state index in [1.54, 1.807) is 15.8 Å². The molecule has 0 bridgehead atoms. The molecule has 1 aromatic carbocycles. The molecular weight excluding hydrogens is 254 g/mol. The van der Waals surface area contributed by atoms with E-state index in [4.69, 9.17) is 4.74 Å². The van der Waals surface area contributed by atoms with E-state index in [1.165, 1.54) is 0 Å². The molecule has 5 nitrogen and oxygen atoms in total. The van der Waals surface area contributed by atoms with Crippen molar-refractivity contribution < 1.29 is 9.53 Å². The van der Waals surface area contributed by atoms with Crippen molar-refractivity contribution in [2.45, 2.75) is 19.1 Å². The first-order valence-corrected chi connectivity index (χ1v) is 6.66. The fourth-order valence-electron chi connectivity index (χ4n) is 2.49. The molecule has 2 heterocycles. The van der Waals surface area contributed by atoms with Crippen LogP contribution in [-0.4, -0.2) is 27.3 Å². The Morgan fingerprint density at radius 3 is 2.75 bits per heavy atom. The van der Waals surface area contributed by atoms with Crippen LogP contribution in [0.1, 0.15) is 30.2 Å². The molecule has 20 heavy (non-hydrogen) atoms. The van der Waals surface area contributed by atoms with Crippen LogP contribution in [0.5, 0.6) is 0 Å². The summed E-state index contributed by atoms with van der Waals surface area (Å²) in [5.74, 6) is 0. The molecule has 0 radical (unpaired) electrons. The second-order valence-corrected chi connectivity index (χ2v) is 5.06. The van der Waals surface area contributed by atoms with Gasteiger partial charge in [-0.25, -0.2) is 4.79 Å².